The van der Waals surface area contributed by atoms with E-state index in [-0.39, 0.29) is 5.91 Å². The zero-order chi connectivity index (χ0) is 16.0. The monoisotopic (exact) mass is 307 g/mol. The lowest BCUT2D eigenvalue weighted by atomic mass is 9.94. The standard InChI is InChI=1S/C18H17N3O2/c1-11-17(19-15-5-3-4-10-21(11)15)12-6-8-14(23-2)18-13(12)7-9-16(22)20-18/h3-6,8,10H,7,9H2,1-2H3,(H,20,22). The summed E-state index contributed by atoms with van der Waals surface area (Å²) in [5.74, 6) is 0.720. The molecule has 0 saturated carbocycles. The number of nitrogens with one attached hydrogen (secondary N) is 1. The maximum Gasteiger partial charge on any atom is 0.224 e. The molecule has 0 aliphatic carbocycles. The number of hydrogen-bond donors (Lipinski definition) is 1. The summed E-state index contributed by atoms with van der Waals surface area (Å²) in [6, 6.07) is 9.89. The molecule has 1 aromatic carbocycles. The Kier molecular flexibility index (Phi) is 3.08. The van der Waals surface area contributed by atoms with Crippen molar-refractivity contribution in [3.63, 3.8) is 0 Å². The molecule has 3 heterocycles. The van der Waals surface area contributed by atoms with Crippen LogP contribution < -0.4 is 10.1 Å². The summed E-state index contributed by atoms with van der Waals surface area (Å²) in [7, 11) is 1.62. The molecule has 116 valence electrons. The molecule has 0 fully saturated rings. The van der Waals surface area contributed by atoms with Crippen LogP contribution in [0.25, 0.3) is 16.9 Å². The van der Waals surface area contributed by atoms with Crippen molar-refractivity contribution in [2.24, 2.45) is 0 Å². The smallest absolute Gasteiger partial charge is 0.224 e. The first-order valence-corrected chi connectivity index (χ1v) is 7.63. The lowest BCUT2D eigenvalue weighted by Crippen LogP contribution is -2.20. The van der Waals surface area contributed by atoms with Gasteiger partial charge >= 0.3 is 0 Å². The SMILES string of the molecule is COc1ccc(-c2nc3ccccn3c2C)c2c1NC(=O)CC2. The third-order valence-electron chi connectivity index (χ3n) is 4.38. The lowest BCUT2D eigenvalue weighted by molar-refractivity contribution is -0.116. The lowest BCUT2D eigenvalue weighted by Gasteiger charge is -2.22. The number of rotatable bonds is 2. The molecule has 0 unspecified atom stereocenters. The van der Waals surface area contributed by atoms with Crippen LogP contribution >= 0.6 is 0 Å². The Morgan fingerprint density at radius 2 is 2.09 bits per heavy atom. The van der Waals surface area contributed by atoms with Crippen molar-refractivity contribution in [3.05, 3.63) is 47.8 Å². The normalized spacial score (nSPS) is 13.7. The summed E-state index contributed by atoms with van der Waals surface area (Å²) in [6.45, 7) is 2.06. The minimum atomic E-state index is 0.0275. The summed E-state index contributed by atoms with van der Waals surface area (Å²) < 4.78 is 7.48. The van der Waals surface area contributed by atoms with E-state index in [2.05, 4.69) is 16.6 Å². The highest BCUT2D eigenvalue weighted by Crippen LogP contribution is 2.39. The molecule has 23 heavy (non-hydrogen) atoms. The Morgan fingerprint density at radius 1 is 1.22 bits per heavy atom. The molecule has 5 heteroatoms. The van der Waals surface area contributed by atoms with E-state index in [0.717, 1.165) is 33.8 Å². The Bertz CT molecular complexity index is 927. The van der Waals surface area contributed by atoms with E-state index in [1.165, 1.54) is 0 Å². The van der Waals surface area contributed by atoms with Crippen LogP contribution in [0.5, 0.6) is 5.75 Å². The second kappa shape index (κ2) is 5.12. The quantitative estimate of drug-likeness (QED) is 0.791. The molecule has 1 aliphatic rings. The van der Waals surface area contributed by atoms with Crippen LogP contribution in [0.15, 0.2) is 36.5 Å². The molecule has 1 aliphatic heterocycles. The van der Waals surface area contributed by atoms with Gasteiger partial charge < -0.3 is 14.5 Å². The van der Waals surface area contributed by atoms with Crippen molar-refractivity contribution in [1.29, 1.82) is 0 Å². The molecule has 0 spiro atoms. The van der Waals surface area contributed by atoms with Gasteiger partial charge in [0.25, 0.3) is 0 Å². The van der Waals surface area contributed by atoms with Gasteiger partial charge in [0, 0.05) is 23.9 Å². The number of amides is 1. The first-order valence-electron chi connectivity index (χ1n) is 7.63. The fraction of sp³-hybridized carbons (Fsp3) is 0.222. The molecule has 3 aromatic rings. The van der Waals surface area contributed by atoms with Crippen LogP contribution in [0.1, 0.15) is 17.7 Å². The number of nitrogens with zero attached hydrogens (tertiary/aromatic N) is 2. The second-order valence-corrected chi connectivity index (χ2v) is 5.69. The molecule has 4 rings (SSSR count). The highest BCUT2D eigenvalue weighted by molar-refractivity contribution is 5.97. The zero-order valence-electron chi connectivity index (χ0n) is 13.1. The van der Waals surface area contributed by atoms with E-state index < -0.39 is 0 Å². The number of carbonyl (C=O) groups excluding carboxylic acids is 1. The molecule has 5 nitrogen and oxygen atoms in total. The van der Waals surface area contributed by atoms with E-state index in [9.17, 15) is 4.79 Å². The maximum absolute atomic E-state index is 11.8. The molecule has 0 bridgehead atoms. The molecular formula is C18H17N3O2. The summed E-state index contributed by atoms with van der Waals surface area (Å²) in [5, 5.41) is 2.94. The number of imidazole rings is 1. The molecule has 1 amide bonds. The van der Waals surface area contributed by atoms with Gasteiger partial charge in [-0.25, -0.2) is 4.98 Å². The average Bonchev–Trinajstić information content (AvgIpc) is 2.91. The molecule has 0 saturated heterocycles. The summed E-state index contributed by atoms with van der Waals surface area (Å²) in [6.07, 6.45) is 3.19. The van der Waals surface area contributed by atoms with Crippen LogP contribution in [0.2, 0.25) is 0 Å². The fourth-order valence-corrected chi connectivity index (χ4v) is 3.23. The largest absolute Gasteiger partial charge is 0.495 e. The number of benzene rings is 1. The van der Waals surface area contributed by atoms with E-state index in [1.54, 1.807) is 7.11 Å². The van der Waals surface area contributed by atoms with Crippen molar-refractivity contribution in [2.45, 2.75) is 19.8 Å². The van der Waals surface area contributed by atoms with Crippen molar-refractivity contribution >= 4 is 17.2 Å². The average molecular weight is 307 g/mol. The van der Waals surface area contributed by atoms with Crippen molar-refractivity contribution < 1.29 is 9.53 Å². The topological polar surface area (TPSA) is 55.6 Å². The van der Waals surface area contributed by atoms with Crippen molar-refractivity contribution in [3.8, 4) is 17.0 Å². The number of ether oxygens (including phenoxy) is 1. The molecule has 0 radical (unpaired) electrons. The van der Waals surface area contributed by atoms with Gasteiger partial charge in [0.15, 0.2) is 0 Å². The molecule has 0 atom stereocenters. The van der Waals surface area contributed by atoms with Crippen LogP contribution in [-0.4, -0.2) is 22.4 Å². The number of hydrogen-bond acceptors (Lipinski definition) is 3. The summed E-state index contributed by atoms with van der Waals surface area (Å²) in [5.41, 5.74) is 5.88. The third-order valence-corrected chi connectivity index (χ3v) is 4.38. The van der Waals surface area contributed by atoms with Gasteiger partial charge in [-0.15, -0.1) is 0 Å². The minimum absolute atomic E-state index is 0.0275. The van der Waals surface area contributed by atoms with Crippen LogP contribution in [-0.2, 0) is 11.2 Å². The first-order chi connectivity index (χ1) is 11.2. The number of pyridine rings is 1. The number of carbonyl (C=O) groups is 1. The van der Waals surface area contributed by atoms with E-state index in [1.807, 2.05) is 36.5 Å². The second-order valence-electron chi connectivity index (χ2n) is 5.69. The van der Waals surface area contributed by atoms with E-state index >= 15 is 0 Å². The number of aryl methyl sites for hydroxylation is 1. The highest BCUT2D eigenvalue weighted by atomic mass is 16.5. The predicted molar refractivity (Wildman–Crippen MR) is 88.9 cm³/mol. The summed E-state index contributed by atoms with van der Waals surface area (Å²) in [4.78, 5) is 16.5. The predicted octanol–water partition coefficient (Wildman–Crippen LogP) is 3.20. The summed E-state index contributed by atoms with van der Waals surface area (Å²) >= 11 is 0. The van der Waals surface area contributed by atoms with Crippen LogP contribution in [0, 0.1) is 6.92 Å². The van der Waals surface area contributed by atoms with Crippen molar-refractivity contribution in [2.75, 3.05) is 12.4 Å². The number of aromatic nitrogens is 2. The van der Waals surface area contributed by atoms with Gasteiger partial charge in [0.2, 0.25) is 5.91 Å². The Balaban J connectivity index is 1.97. The number of fused-ring (bicyclic) bond motifs is 2. The van der Waals surface area contributed by atoms with Crippen molar-refractivity contribution in [1.82, 2.24) is 9.38 Å². The Morgan fingerprint density at radius 3 is 2.87 bits per heavy atom. The van der Waals surface area contributed by atoms with Gasteiger partial charge in [0.1, 0.15) is 11.4 Å². The van der Waals surface area contributed by atoms with E-state index in [0.29, 0.717) is 18.6 Å². The van der Waals surface area contributed by atoms with Gasteiger partial charge in [-0.1, -0.05) is 6.07 Å². The fourth-order valence-electron chi connectivity index (χ4n) is 3.23. The van der Waals surface area contributed by atoms with E-state index in [4.69, 9.17) is 9.72 Å². The van der Waals surface area contributed by atoms with Gasteiger partial charge in [-0.3, -0.25) is 4.79 Å². The zero-order valence-corrected chi connectivity index (χ0v) is 13.1. The highest BCUT2D eigenvalue weighted by Gasteiger charge is 2.24. The maximum atomic E-state index is 11.8. The van der Waals surface area contributed by atoms with Crippen LogP contribution in [0.4, 0.5) is 5.69 Å². The van der Waals surface area contributed by atoms with Gasteiger partial charge in [0.05, 0.1) is 18.5 Å². The van der Waals surface area contributed by atoms with Gasteiger partial charge in [-0.2, -0.15) is 0 Å². The minimum Gasteiger partial charge on any atom is -0.495 e. The Labute approximate surface area is 133 Å². The first kappa shape index (κ1) is 13.8. The molecule has 2 aromatic heterocycles. The van der Waals surface area contributed by atoms with Crippen LogP contribution in [0.3, 0.4) is 0 Å². The molecule has 1 N–H and O–H groups in total. The third kappa shape index (κ3) is 2.08. The van der Waals surface area contributed by atoms with Gasteiger partial charge in [-0.05, 0) is 43.2 Å². The Hall–Kier alpha value is -2.82. The number of methoxy groups -OCH3 is 1. The molecular weight excluding hydrogens is 290 g/mol. The number of anilines is 1.